The Morgan fingerprint density at radius 1 is 0.547 bits per heavy atom. The van der Waals surface area contributed by atoms with Crippen molar-refractivity contribution >= 4 is 72.8 Å². The van der Waals surface area contributed by atoms with E-state index in [1.54, 1.807) is 91.8 Å². The first-order chi connectivity index (χ1) is 35.2. The number of aromatic nitrogens is 2. The number of aliphatic carboxylic acids is 2. The Morgan fingerprint density at radius 3 is 1.37 bits per heavy atom. The summed E-state index contributed by atoms with van der Waals surface area (Å²) in [5.41, 5.74) is -2.88. The van der Waals surface area contributed by atoms with Crippen molar-refractivity contribution < 1.29 is 69.9 Å². The van der Waals surface area contributed by atoms with Crippen LogP contribution in [0.5, 0.6) is 17.2 Å². The molecule has 0 saturated heterocycles. The molecule has 4 N–H and O–H groups in total. The topological polar surface area (TPSA) is 190 Å². The van der Waals surface area contributed by atoms with Gasteiger partial charge in [-0.15, -0.1) is 0 Å². The van der Waals surface area contributed by atoms with Crippen LogP contribution in [0.4, 0.5) is 32.0 Å². The molecule has 0 unspecified atom stereocenters. The average Bonchev–Trinajstić information content (AvgIpc) is 3.35. The number of alkyl halides is 6. The molecule has 390 valence electrons. The van der Waals surface area contributed by atoms with Crippen molar-refractivity contribution in [1.82, 2.24) is 20.6 Å². The van der Waals surface area contributed by atoms with Crippen molar-refractivity contribution in [1.29, 1.82) is 0 Å². The summed E-state index contributed by atoms with van der Waals surface area (Å²) < 4.78 is 97.1. The number of rotatable bonds is 14. The molecular formula is C55H49F6N5O9. The molecule has 8 rings (SSSR count). The Hall–Kier alpha value is -8.68. The van der Waals surface area contributed by atoms with Crippen LogP contribution in [-0.4, -0.2) is 76.2 Å². The Bertz CT molecular complexity index is 3530. The molecule has 8 aromatic rings. The van der Waals surface area contributed by atoms with Gasteiger partial charge in [-0.1, -0.05) is 72.8 Å². The van der Waals surface area contributed by atoms with Crippen LogP contribution in [0.2, 0.25) is 0 Å². The van der Waals surface area contributed by atoms with E-state index >= 15 is 0 Å². The highest BCUT2D eigenvalue weighted by Gasteiger charge is 2.36. The van der Waals surface area contributed by atoms with E-state index in [9.17, 15) is 55.7 Å². The minimum atomic E-state index is -4.62. The van der Waals surface area contributed by atoms with Gasteiger partial charge in [0.15, 0.2) is 0 Å². The molecule has 0 saturated carbocycles. The number of nitrogens with one attached hydrogen (secondary N) is 2. The number of amides is 2. The van der Waals surface area contributed by atoms with Crippen molar-refractivity contribution in [2.45, 2.75) is 64.3 Å². The van der Waals surface area contributed by atoms with Crippen LogP contribution in [0.3, 0.4) is 0 Å². The van der Waals surface area contributed by atoms with Crippen LogP contribution in [0, 0.1) is 0 Å². The van der Waals surface area contributed by atoms with Crippen molar-refractivity contribution in [2.24, 2.45) is 0 Å². The maximum Gasteiger partial charge on any atom is 0.433 e. The lowest BCUT2D eigenvalue weighted by atomic mass is 10.0. The first-order valence-corrected chi connectivity index (χ1v) is 22.8. The number of carbonyl (C=O) groups is 4. The predicted molar refractivity (Wildman–Crippen MR) is 269 cm³/mol. The summed E-state index contributed by atoms with van der Waals surface area (Å²) in [4.78, 5) is 58.2. The Kier molecular flexibility index (Phi) is 15.2. The number of anilines is 1. The van der Waals surface area contributed by atoms with E-state index in [2.05, 4.69) is 20.6 Å². The number of hydrogen-bond acceptors (Lipinski definition) is 10. The van der Waals surface area contributed by atoms with Crippen LogP contribution in [-0.2, 0) is 35.2 Å². The summed E-state index contributed by atoms with van der Waals surface area (Å²) in [5, 5.41) is 27.6. The highest BCUT2D eigenvalue weighted by Crippen LogP contribution is 2.38. The van der Waals surface area contributed by atoms with Gasteiger partial charge in [-0.05, 0) is 92.1 Å². The van der Waals surface area contributed by atoms with E-state index in [1.165, 1.54) is 46.9 Å². The van der Waals surface area contributed by atoms with Crippen LogP contribution >= 0.6 is 0 Å². The molecular weight excluding hydrogens is 989 g/mol. The zero-order valence-electron chi connectivity index (χ0n) is 41.3. The van der Waals surface area contributed by atoms with E-state index in [0.717, 1.165) is 22.9 Å². The van der Waals surface area contributed by atoms with Crippen molar-refractivity contribution in [3.8, 4) is 17.2 Å². The monoisotopic (exact) mass is 1040 g/mol. The molecule has 2 amide bonds. The minimum Gasteiger partial charge on any atom is -0.496 e. The van der Waals surface area contributed by atoms with Gasteiger partial charge >= 0.3 is 24.3 Å². The standard InChI is InChI=1S/C28H26F3N3O4.C27H23F3N2O5/c1-27(2,26(36)37)33-25(35)19-11-10-17-7-5-6-8-18(17)24(19)38-15-16-9-12-21-20(13-16)22(34(3)4)14-23(32-21)28(29,30)31;1-26(2,25(34)35)32-24(33)18-10-9-16-6-4-5-7-17(16)23(18)37-14-15-8-11-20-19(12-15)21(36-3)13-22(31-20)27(28,29)30/h5-14H,15H2,1-4H3,(H,33,35)(H,36,37);4-13H,14H2,1-3H3,(H,32,33)(H,34,35). The smallest absolute Gasteiger partial charge is 0.433 e. The Morgan fingerprint density at radius 2 is 0.960 bits per heavy atom. The van der Waals surface area contributed by atoms with Crippen molar-refractivity contribution in [2.75, 3.05) is 26.1 Å². The van der Waals surface area contributed by atoms with Gasteiger partial charge < -0.3 is 40.0 Å². The van der Waals surface area contributed by atoms with Gasteiger partial charge in [-0.25, -0.2) is 19.6 Å². The third-order valence-electron chi connectivity index (χ3n) is 11.9. The summed E-state index contributed by atoms with van der Waals surface area (Å²) in [7, 11) is 4.58. The summed E-state index contributed by atoms with van der Waals surface area (Å²) in [6.45, 7) is 5.47. The second-order valence-electron chi connectivity index (χ2n) is 18.5. The fourth-order valence-electron chi connectivity index (χ4n) is 7.78. The number of carboxylic acids is 2. The fourth-order valence-corrected chi connectivity index (χ4v) is 7.78. The number of carboxylic acid groups (broad SMARTS) is 2. The summed E-state index contributed by atoms with van der Waals surface area (Å²) in [5.74, 6) is -3.11. The van der Waals surface area contributed by atoms with Gasteiger partial charge in [0.05, 0.1) is 29.3 Å². The van der Waals surface area contributed by atoms with Gasteiger partial charge in [0.25, 0.3) is 11.8 Å². The number of carbonyl (C=O) groups excluding carboxylic acids is 2. The van der Waals surface area contributed by atoms with E-state index in [0.29, 0.717) is 38.4 Å². The first kappa shape index (κ1) is 54.1. The maximum atomic E-state index is 13.4. The molecule has 0 fully saturated rings. The molecule has 14 nitrogen and oxygen atoms in total. The Labute approximate surface area is 424 Å². The normalized spacial score (nSPS) is 12.0. The zero-order valence-corrected chi connectivity index (χ0v) is 41.3. The molecule has 0 atom stereocenters. The molecule has 0 aliphatic heterocycles. The molecule has 6 aromatic carbocycles. The van der Waals surface area contributed by atoms with Crippen molar-refractivity contribution in [3.63, 3.8) is 0 Å². The number of nitrogens with zero attached hydrogens (tertiary/aromatic N) is 3. The second-order valence-corrected chi connectivity index (χ2v) is 18.5. The van der Waals surface area contributed by atoms with Crippen LogP contribution in [0.15, 0.2) is 121 Å². The molecule has 0 aliphatic carbocycles. The average molecular weight is 1040 g/mol. The molecule has 2 aromatic heterocycles. The summed E-state index contributed by atoms with van der Waals surface area (Å²) >= 11 is 0. The van der Waals surface area contributed by atoms with Gasteiger partial charge in [0.2, 0.25) is 0 Å². The molecule has 75 heavy (non-hydrogen) atoms. The molecule has 2 heterocycles. The fraction of sp³-hybridized carbons (Fsp3) is 0.236. The highest BCUT2D eigenvalue weighted by molar-refractivity contribution is 6.06. The van der Waals surface area contributed by atoms with E-state index in [4.69, 9.17) is 14.2 Å². The predicted octanol–water partition coefficient (Wildman–Crippen LogP) is 11.2. The van der Waals surface area contributed by atoms with Gasteiger partial charge in [-0.3, -0.25) is 9.59 Å². The number of ether oxygens (including phenoxy) is 3. The lowest BCUT2D eigenvalue weighted by Gasteiger charge is -2.22. The number of benzene rings is 6. The number of pyridine rings is 2. The lowest BCUT2D eigenvalue weighted by Crippen LogP contribution is -2.49. The van der Waals surface area contributed by atoms with Gasteiger partial charge in [-0.2, -0.15) is 26.3 Å². The van der Waals surface area contributed by atoms with Gasteiger partial charge in [0, 0.05) is 47.4 Å². The lowest BCUT2D eigenvalue weighted by molar-refractivity contribution is -0.143. The van der Waals surface area contributed by atoms with E-state index in [-0.39, 0.29) is 52.6 Å². The number of fused-ring (bicyclic) bond motifs is 4. The second kappa shape index (κ2) is 21.0. The quantitative estimate of drug-likeness (QED) is 0.0756. The van der Waals surface area contributed by atoms with Crippen LogP contribution < -0.4 is 29.7 Å². The summed E-state index contributed by atoms with van der Waals surface area (Å²) in [6.07, 6.45) is -9.20. The zero-order chi connectivity index (χ0) is 54.8. The van der Waals surface area contributed by atoms with Crippen LogP contribution in [0.1, 0.15) is 70.9 Å². The maximum absolute atomic E-state index is 13.4. The first-order valence-electron chi connectivity index (χ1n) is 22.8. The molecule has 0 bridgehead atoms. The highest BCUT2D eigenvalue weighted by atomic mass is 19.4. The molecule has 0 spiro atoms. The SMILES string of the molecule is CN(C)c1cc(C(F)(F)F)nc2ccc(COc3c(C(=O)NC(C)(C)C(=O)O)ccc4ccccc34)cc12.COc1cc(C(F)(F)F)nc2ccc(COc3c(C(=O)NC(C)(C)C(=O)O)ccc4ccccc34)cc12. The van der Waals surface area contributed by atoms with Gasteiger partial charge in [0.1, 0.15) is 52.9 Å². The number of halogens is 6. The Balaban J connectivity index is 0.000000219. The molecule has 0 aliphatic rings. The summed E-state index contributed by atoms with van der Waals surface area (Å²) in [6, 6.07) is 32.4. The minimum absolute atomic E-state index is 0.000438. The molecule has 20 heteroatoms. The van der Waals surface area contributed by atoms with E-state index in [1.807, 2.05) is 24.3 Å². The van der Waals surface area contributed by atoms with E-state index < -0.39 is 58.6 Å². The van der Waals surface area contributed by atoms with Crippen LogP contribution in [0.25, 0.3) is 43.4 Å². The third-order valence-corrected chi connectivity index (χ3v) is 11.9. The number of methoxy groups -OCH3 is 1. The third kappa shape index (κ3) is 12.1. The largest absolute Gasteiger partial charge is 0.496 e. The van der Waals surface area contributed by atoms with Crippen molar-refractivity contribution in [3.05, 3.63) is 155 Å². The number of hydrogen-bond donors (Lipinski definition) is 4. The molecule has 0 radical (unpaired) electrons.